The van der Waals surface area contributed by atoms with Crippen LogP contribution in [0.25, 0.3) is 0 Å². The first-order valence-corrected chi connectivity index (χ1v) is 4.82. The Labute approximate surface area is 83.8 Å². The van der Waals surface area contributed by atoms with Gasteiger partial charge in [-0.3, -0.25) is 0 Å². The summed E-state index contributed by atoms with van der Waals surface area (Å²) in [6.07, 6.45) is 3.75. The molecule has 0 aromatic heterocycles. The van der Waals surface area contributed by atoms with Crippen LogP contribution in [0.3, 0.4) is 0 Å². The molecule has 0 aliphatic heterocycles. The van der Waals surface area contributed by atoms with Crippen LogP contribution in [-0.2, 0) is 0 Å². The Balaban J connectivity index is 2.22. The van der Waals surface area contributed by atoms with Gasteiger partial charge in [-0.05, 0) is 36.1 Å². The van der Waals surface area contributed by atoms with E-state index in [9.17, 15) is 5.11 Å². The maximum absolute atomic E-state index is 9.94. The summed E-state index contributed by atoms with van der Waals surface area (Å²) in [5.74, 6) is 0.793. The molecule has 0 saturated carbocycles. The van der Waals surface area contributed by atoms with Crippen LogP contribution in [0, 0.1) is 0 Å². The standard InChI is InChI=1S/C12H14O2/c1-14-11-7-3-6-10(8-11)12(13)9-4-2-5-9/h3-4,6-8,12-13H,2,5H2,1H3. The molecule has 0 fully saturated rings. The highest BCUT2D eigenvalue weighted by molar-refractivity contribution is 5.35. The highest BCUT2D eigenvalue weighted by Gasteiger charge is 2.17. The summed E-state index contributed by atoms with van der Waals surface area (Å²) < 4.78 is 5.11. The number of hydrogen-bond donors (Lipinski definition) is 1. The highest BCUT2D eigenvalue weighted by Crippen LogP contribution is 2.32. The van der Waals surface area contributed by atoms with E-state index in [-0.39, 0.29) is 0 Å². The van der Waals surface area contributed by atoms with Crippen molar-refractivity contribution in [3.05, 3.63) is 41.5 Å². The lowest BCUT2D eigenvalue weighted by atomic mass is 9.90. The molecule has 0 radical (unpaired) electrons. The van der Waals surface area contributed by atoms with Crippen molar-refractivity contribution in [3.8, 4) is 5.75 Å². The second-order valence-electron chi connectivity index (χ2n) is 3.50. The van der Waals surface area contributed by atoms with E-state index in [4.69, 9.17) is 4.74 Å². The van der Waals surface area contributed by atoms with Gasteiger partial charge in [0.1, 0.15) is 11.9 Å². The van der Waals surface area contributed by atoms with Crippen molar-refractivity contribution < 1.29 is 9.84 Å². The molecule has 1 aromatic carbocycles. The quantitative estimate of drug-likeness (QED) is 0.742. The van der Waals surface area contributed by atoms with Crippen molar-refractivity contribution in [3.63, 3.8) is 0 Å². The van der Waals surface area contributed by atoms with Crippen molar-refractivity contribution in [1.29, 1.82) is 0 Å². The number of rotatable bonds is 3. The second-order valence-corrected chi connectivity index (χ2v) is 3.50. The molecule has 1 atom stereocenters. The summed E-state index contributed by atoms with van der Waals surface area (Å²) in [6.45, 7) is 0. The molecule has 2 nitrogen and oxygen atoms in total. The van der Waals surface area contributed by atoms with E-state index in [1.807, 2.05) is 24.3 Å². The van der Waals surface area contributed by atoms with Gasteiger partial charge in [-0.15, -0.1) is 0 Å². The van der Waals surface area contributed by atoms with Crippen LogP contribution in [0.15, 0.2) is 35.9 Å². The average molecular weight is 190 g/mol. The summed E-state index contributed by atoms with van der Waals surface area (Å²) in [5, 5.41) is 9.94. The van der Waals surface area contributed by atoms with Gasteiger partial charge in [-0.1, -0.05) is 18.2 Å². The Kier molecular flexibility index (Phi) is 2.55. The van der Waals surface area contributed by atoms with E-state index in [0.29, 0.717) is 0 Å². The predicted molar refractivity (Wildman–Crippen MR) is 55.3 cm³/mol. The Morgan fingerprint density at radius 2 is 2.21 bits per heavy atom. The number of ether oxygens (including phenoxy) is 1. The number of hydrogen-bond acceptors (Lipinski definition) is 2. The van der Waals surface area contributed by atoms with Gasteiger partial charge in [0.25, 0.3) is 0 Å². The Hall–Kier alpha value is -1.28. The van der Waals surface area contributed by atoms with E-state index in [0.717, 1.165) is 29.7 Å². The van der Waals surface area contributed by atoms with Crippen molar-refractivity contribution >= 4 is 0 Å². The van der Waals surface area contributed by atoms with Crippen LogP contribution < -0.4 is 4.74 Å². The first kappa shape index (κ1) is 9.28. The molecule has 1 unspecified atom stereocenters. The van der Waals surface area contributed by atoms with E-state index in [1.165, 1.54) is 0 Å². The highest BCUT2D eigenvalue weighted by atomic mass is 16.5. The van der Waals surface area contributed by atoms with Gasteiger partial charge in [0.05, 0.1) is 7.11 Å². The van der Waals surface area contributed by atoms with Crippen LogP contribution in [0.1, 0.15) is 24.5 Å². The molecule has 0 heterocycles. The topological polar surface area (TPSA) is 29.5 Å². The average Bonchev–Trinajstić information content (AvgIpc) is 2.15. The van der Waals surface area contributed by atoms with Gasteiger partial charge in [0.2, 0.25) is 0 Å². The molecule has 1 N–H and O–H groups in total. The second kappa shape index (κ2) is 3.84. The van der Waals surface area contributed by atoms with Gasteiger partial charge in [-0.25, -0.2) is 0 Å². The fourth-order valence-electron chi connectivity index (χ4n) is 1.59. The Bertz CT molecular complexity index is 355. The summed E-state index contributed by atoms with van der Waals surface area (Å²) in [6, 6.07) is 7.58. The monoisotopic (exact) mass is 190 g/mol. The molecule has 2 rings (SSSR count). The van der Waals surface area contributed by atoms with Gasteiger partial charge < -0.3 is 9.84 Å². The number of aliphatic hydroxyl groups is 1. The number of methoxy groups -OCH3 is 1. The van der Waals surface area contributed by atoms with Crippen molar-refractivity contribution in [1.82, 2.24) is 0 Å². The normalized spacial score (nSPS) is 16.9. The van der Waals surface area contributed by atoms with Crippen LogP contribution in [0.4, 0.5) is 0 Å². The zero-order valence-electron chi connectivity index (χ0n) is 8.23. The predicted octanol–water partition coefficient (Wildman–Crippen LogP) is 2.45. The maximum atomic E-state index is 9.94. The smallest absolute Gasteiger partial charge is 0.119 e. The third kappa shape index (κ3) is 1.66. The van der Waals surface area contributed by atoms with Gasteiger partial charge in [0.15, 0.2) is 0 Å². The molecule has 14 heavy (non-hydrogen) atoms. The molecule has 74 valence electrons. The van der Waals surface area contributed by atoms with E-state index in [1.54, 1.807) is 7.11 Å². The number of benzene rings is 1. The minimum atomic E-state index is -0.446. The summed E-state index contributed by atoms with van der Waals surface area (Å²) >= 11 is 0. The molecule has 1 aromatic rings. The molecule has 1 aliphatic rings. The lowest BCUT2D eigenvalue weighted by Crippen LogP contribution is -2.06. The SMILES string of the molecule is COc1cccc(C(O)C2=CCC2)c1. The number of aliphatic hydroxyl groups excluding tert-OH is 1. The molecule has 0 bridgehead atoms. The largest absolute Gasteiger partial charge is 0.497 e. The Morgan fingerprint density at radius 3 is 2.79 bits per heavy atom. The van der Waals surface area contributed by atoms with E-state index < -0.39 is 6.10 Å². The summed E-state index contributed by atoms with van der Waals surface area (Å²) in [4.78, 5) is 0. The lowest BCUT2D eigenvalue weighted by molar-refractivity contribution is 0.205. The van der Waals surface area contributed by atoms with Crippen molar-refractivity contribution in [2.24, 2.45) is 0 Å². The van der Waals surface area contributed by atoms with Crippen LogP contribution in [0.5, 0.6) is 5.75 Å². The van der Waals surface area contributed by atoms with Crippen LogP contribution in [0.2, 0.25) is 0 Å². The zero-order valence-corrected chi connectivity index (χ0v) is 8.23. The fourth-order valence-corrected chi connectivity index (χ4v) is 1.59. The maximum Gasteiger partial charge on any atom is 0.119 e. The van der Waals surface area contributed by atoms with Crippen molar-refractivity contribution in [2.45, 2.75) is 18.9 Å². The minimum absolute atomic E-state index is 0.446. The summed E-state index contributed by atoms with van der Waals surface area (Å²) in [5.41, 5.74) is 2.04. The fraction of sp³-hybridized carbons (Fsp3) is 0.333. The molecule has 2 heteroatoms. The lowest BCUT2D eigenvalue weighted by Gasteiger charge is -2.21. The zero-order chi connectivity index (χ0) is 9.97. The van der Waals surface area contributed by atoms with Gasteiger partial charge in [0, 0.05) is 0 Å². The first-order chi connectivity index (χ1) is 6.81. The molecule has 0 amide bonds. The van der Waals surface area contributed by atoms with E-state index in [2.05, 4.69) is 6.08 Å². The Morgan fingerprint density at radius 1 is 1.43 bits per heavy atom. The van der Waals surface area contributed by atoms with Crippen LogP contribution in [-0.4, -0.2) is 12.2 Å². The van der Waals surface area contributed by atoms with E-state index >= 15 is 0 Å². The molecule has 1 aliphatic carbocycles. The third-order valence-corrected chi connectivity index (χ3v) is 2.60. The van der Waals surface area contributed by atoms with Crippen LogP contribution >= 0.6 is 0 Å². The third-order valence-electron chi connectivity index (χ3n) is 2.60. The van der Waals surface area contributed by atoms with Crippen molar-refractivity contribution in [2.75, 3.05) is 7.11 Å². The van der Waals surface area contributed by atoms with Gasteiger partial charge in [-0.2, -0.15) is 0 Å². The molecule has 0 saturated heterocycles. The summed E-state index contributed by atoms with van der Waals surface area (Å²) in [7, 11) is 1.63. The first-order valence-electron chi connectivity index (χ1n) is 4.82. The molecular formula is C12H14O2. The molecule has 0 spiro atoms. The van der Waals surface area contributed by atoms with Gasteiger partial charge >= 0.3 is 0 Å². The number of allylic oxidation sites excluding steroid dienone is 1. The molecular weight excluding hydrogens is 176 g/mol. The minimum Gasteiger partial charge on any atom is -0.497 e.